The maximum atomic E-state index is 13.3. The molecule has 0 spiro atoms. The third kappa shape index (κ3) is 5.43. The Morgan fingerprint density at radius 3 is 1.31 bits per heavy atom. The van der Waals surface area contributed by atoms with E-state index in [9.17, 15) is 60.0 Å². The number of hydrogen-bond donors (Lipinski definition) is 8. The van der Waals surface area contributed by atoms with E-state index < -0.39 is 82.4 Å². The van der Waals surface area contributed by atoms with Gasteiger partial charge in [-0.15, -0.1) is 0 Å². The minimum absolute atomic E-state index is 0.0485. The number of carbonyl (C=O) groups excluding carboxylic acids is 2. The van der Waals surface area contributed by atoms with Gasteiger partial charge in [0.1, 0.15) is 34.5 Å². The lowest BCUT2D eigenvalue weighted by atomic mass is 9.70. The predicted octanol–water partition coefficient (Wildman–Crippen LogP) is 4.55. The molecule has 4 aromatic rings. The van der Waals surface area contributed by atoms with E-state index in [1.54, 1.807) is 0 Å². The number of carboxylic acid groups (broad SMARTS) is 2. The van der Waals surface area contributed by atoms with Crippen LogP contribution in [0.15, 0.2) is 60.1 Å². The van der Waals surface area contributed by atoms with Crippen LogP contribution in [0.5, 0.6) is 23.0 Å². The van der Waals surface area contributed by atoms with Crippen molar-refractivity contribution in [2.24, 2.45) is 0 Å². The summed E-state index contributed by atoms with van der Waals surface area (Å²) in [6.07, 6.45) is 0.447. The number of aliphatic hydroxyl groups is 2. The molecule has 0 aromatic heterocycles. The van der Waals surface area contributed by atoms with E-state index >= 15 is 0 Å². The Morgan fingerprint density at radius 1 is 0.654 bits per heavy atom. The summed E-state index contributed by atoms with van der Waals surface area (Å²) in [5.74, 6) is -9.33. The second-order valence-electron chi connectivity index (χ2n) is 13.5. The van der Waals surface area contributed by atoms with E-state index in [1.807, 2.05) is 0 Å². The van der Waals surface area contributed by atoms with Crippen molar-refractivity contribution < 1.29 is 69.5 Å². The molecule has 52 heavy (non-hydrogen) atoms. The highest BCUT2D eigenvalue weighted by atomic mass is 16.5. The highest BCUT2D eigenvalue weighted by molar-refractivity contribution is 6.13. The zero-order valence-electron chi connectivity index (χ0n) is 28.2. The van der Waals surface area contributed by atoms with Crippen LogP contribution in [0.25, 0.3) is 32.7 Å². The zero-order chi connectivity index (χ0) is 38.2. The van der Waals surface area contributed by atoms with E-state index in [0.29, 0.717) is 0 Å². The Labute approximate surface area is 294 Å². The predicted molar refractivity (Wildman–Crippen MR) is 184 cm³/mol. The zero-order valence-corrected chi connectivity index (χ0v) is 28.2. The van der Waals surface area contributed by atoms with E-state index in [2.05, 4.69) is 0 Å². The molecule has 0 heterocycles. The minimum atomic E-state index is -1.81. The number of Topliss-reactive ketones (excluding diaryl/α,β-unsaturated/α-hetero) is 2. The Hall–Kier alpha value is -6.12. The normalized spacial score (nSPS) is 23.3. The number of ether oxygens (including phenoxy) is 2. The molecule has 0 amide bonds. The first kappa shape index (κ1) is 35.7. The fourth-order valence-electron chi connectivity index (χ4n) is 7.81. The van der Waals surface area contributed by atoms with Crippen LogP contribution in [0.4, 0.5) is 0 Å². The number of aliphatic carboxylic acids is 2. The number of hydrogen-bond acceptors (Lipinski definition) is 12. The summed E-state index contributed by atoms with van der Waals surface area (Å²) in [4.78, 5) is 49.8. The first-order chi connectivity index (χ1) is 24.3. The van der Waals surface area contributed by atoms with Gasteiger partial charge in [0.2, 0.25) is 0 Å². The number of carboxylic acids is 2. The second-order valence-corrected chi connectivity index (χ2v) is 13.5. The first-order valence-electron chi connectivity index (χ1n) is 15.9. The summed E-state index contributed by atoms with van der Waals surface area (Å²) in [6.45, 7) is 2.67. The molecule has 0 unspecified atom stereocenters. The van der Waals surface area contributed by atoms with Gasteiger partial charge in [0.15, 0.2) is 11.6 Å². The molecule has 0 aliphatic heterocycles. The monoisotopic (exact) mass is 714 g/mol. The molecule has 2 aliphatic carbocycles. The number of benzene rings is 4. The average Bonchev–Trinajstić information content (AvgIpc) is 3.02. The van der Waals surface area contributed by atoms with Gasteiger partial charge in [0.25, 0.3) is 0 Å². The van der Waals surface area contributed by atoms with Gasteiger partial charge in [0, 0.05) is 24.0 Å². The number of fused-ring (bicyclic) bond motifs is 4. The number of methoxy groups -OCH3 is 2. The van der Waals surface area contributed by atoms with E-state index in [-0.39, 0.29) is 66.4 Å². The lowest BCUT2D eigenvalue weighted by Gasteiger charge is -2.39. The van der Waals surface area contributed by atoms with E-state index in [0.717, 1.165) is 12.2 Å². The number of rotatable bonds is 7. The third-order valence-electron chi connectivity index (χ3n) is 9.89. The lowest BCUT2D eigenvalue weighted by Crippen LogP contribution is -2.41. The number of carbonyl (C=O) groups is 4. The molecule has 14 heteroatoms. The average molecular weight is 715 g/mol. The van der Waals surface area contributed by atoms with Gasteiger partial charge in [-0.3, -0.25) is 9.59 Å². The van der Waals surface area contributed by atoms with Crippen LogP contribution in [-0.2, 0) is 19.1 Å². The number of ketones is 2. The van der Waals surface area contributed by atoms with Gasteiger partial charge in [-0.1, -0.05) is 12.1 Å². The second kappa shape index (κ2) is 12.3. The largest absolute Gasteiger partial charge is 0.507 e. The van der Waals surface area contributed by atoms with Crippen LogP contribution in [0, 0.1) is 0 Å². The molecule has 270 valence electrons. The van der Waals surface area contributed by atoms with Crippen molar-refractivity contribution in [2.45, 2.75) is 49.7 Å². The Morgan fingerprint density at radius 2 is 1.00 bits per heavy atom. The molecule has 8 N–H and O–H groups in total. The van der Waals surface area contributed by atoms with Gasteiger partial charge >= 0.3 is 11.9 Å². The maximum Gasteiger partial charge on any atom is 0.331 e. The molecule has 0 bridgehead atoms. The summed E-state index contributed by atoms with van der Waals surface area (Å²) in [6, 6.07) is 8.53. The van der Waals surface area contributed by atoms with E-state index in [1.165, 1.54) is 64.5 Å². The van der Waals surface area contributed by atoms with Gasteiger partial charge in [-0.25, -0.2) is 9.59 Å². The Kier molecular flexibility index (Phi) is 8.43. The molecular formula is C38H34O14. The summed E-state index contributed by atoms with van der Waals surface area (Å²) in [5, 5.41) is 87.5. The van der Waals surface area contributed by atoms with Crippen molar-refractivity contribution in [2.75, 3.05) is 14.2 Å². The molecule has 0 radical (unpaired) electrons. The van der Waals surface area contributed by atoms with Crippen molar-refractivity contribution in [3.63, 3.8) is 0 Å². The fourth-order valence-corrected chi connectivity index (χ4v) is 7.81. The molecule has 0 saturated carbocycles. The van der Waals surface area contributed by atoms with Crippen molar-refractivity contribution in [1.82, 2.24) is 0 Å². The molecule has 14 nitrogen and oxygen atoms in total. The molecular weight excluding hydrogens is 680 g/mol. The van der Waals surface area contributed by atoms with Crippen LogP contribution in [-0.4, -0.2) is 89.8 Å². The van der Waals surface area contributed by atoms with Gasteiger partial charge < -0.3 is 50.3 Å². The summed E-state index contributed by atoms with van der Waals surface area (Å²) >= 11 is 0. The van der Waals surface area contributed by atoms with Crippen molar-refractivity contribution in [3.8, 4) is 34.1 Å². The molecule has 0 saturated heterocycles. The van der Waals surface area contributed by atoms with Crippen LogP contribution in [0.2, 0.25) is 0 Å². The highest BCUT2D eigenvalue weighted by Gasteiger charge is 2.48. The lowest BCUT2D eigenvalue weighted by molar-refractivity contribution is -0.132. The number of phenolic OH excluding ortho intramolecular Hbond substituents is 4. The fraction of sp³-hybridized carbons (Fsp3) is 0.263. The van der Waals surface area contributed by atoms with Crippen LogP contribution < -0.4 is 0 Å². The Balaban J connectivity index is 1.57. The summed E-state index contributed by atoms with van der Waals surface area (Å²) in [5.41, 5.74) is -4.13. The topological polar surface area (TPSA) is 249 Å². The van der Waals surface area contributed by atoms with Gasteiger partial charge in [0.05, 0.1) is 71.3 Å². The number of aromatic hydroxyl groups is 4. The van der Waals surface area contributed by atoms with Crippen molar-refractivity contribution in [3.05, 3.63) is 82.3 Å². The standard InChI is InChI=1S/C38H34O14/c1-37(49)13-21(39)29-19(31(37)23(51-3)11-25(41)42)9-15-5-7-17(33(45)27(15)35(29)47)18-8-6-16-10-20-30(36(48)28(16)34(18)46)22(40)14-38(2,50)32(20)24(52-4)12-26(43)44/h5-12,31-32,45-50H,13-14H2,1-4H3,(H,41,42)(H,43,44)/b23-11-,24-12-/t31-,32-,37-,38-/m0/s1. The molecule has 4 aromatic carbocycles. The minimum Gasteiger partial charge on any atom is -0.507 e. The van der Waals surface area contributed by atoms with Gasteiger partial charge in [-0.05, 0) is 60.0 Å². The first-order valence-corrected chi connectivity index (χ1v) is 15.9. The van der Waals surface area contributed by atoms with Crippen molar-refractivity contribution in [1.29, 1.82) is 0 Å². The SMILES string of the molecule is CO/C(=C\C(=O)O)[C@@H]1c2cc3ccc(-c4ccc5cc6c(c(O)c5c4O)C(=O)C[C@](C)(O)[C@@H]6/C(=C/C(=O)O)OC)c(O)c3c(O)c2C(=O)C[C@]1(C)O. The molecule has 2 aliphatic rings. The van der Waals surface area contributed by atoms with Crippen LogP contribution in [0.1, 0.15) is 70.4 Å². The quantitative estimate of drug-likeness (QED) is 0.0966. The summed E-state index contributed by atoms with van der Waals surface area (Å²) in [7, 11) is 2.41. The molecule has 0 fully saturated rings. The molecule has 6 rings (SSSR count). The van der Waals surface area contributed by atoms with Gasteiger partial charge in [-0.2, -0.15) is 0 Å². The van der Waals surface area contributed by atoms with Crippen molar-refractivity contribution >= 4 is 45.0 Å². The van der Waals surface area contributed by atoms with Crippen LogP contribution in [0.3, 0.4) is 0 Å². The van der Waals surface area contributed by atoms with E-state index in [4.69, 9.17) is 9.47 Å². The Bertz CT molecular complexity index is 2160. The molecule has 4 atom stereocenters. The number of phenols is 4. The maximum absolute atomic E-state index is 13.3. The summed E-state index contributed by atoms with van der Waals surface area (Å²) < 4.78 is 10.6. The third-order valence-corrected chi connectivity index (χ3v) is 9.89. The van der Waals surface area contributed by atoms with Crippen LogP contribution >= 0.6 is 0 Å². The highest BCUT2D eigenvalue weighted by Crippen LogP contribution is 2.54. The smallest absolute Gasteiger partial charge is 0.331 e.